The van der Waals surface area contributed by atoms with Crippen LogP contribution in [-0.4, -0.2) is 16.5 Å². The van der Waals surface area contributed by atoms with Gasteiger partial charge in [-0.15, -0.1) is 0 Å². The van der Waals surface area contributed by atoms with E-state index in [0.717, 1.165) is 29.1 Å². The molecule has 0 spiro atoms. The van der Waals surface area contributed by atoms with Crippen molar-refractivity contribution in [1.29, 1.82) is 0 Å². The fraction of sp³-hybridized carbons (Fsp3) is 0.182. The first-order valence-electron chi connectivity index (χ1n) is 4.90. The number of hydrogen-bond acceptors (Lipinski definition) is 3. The summed E-state index contributed by atoms with van der Waals surface area (Å²) in [7, 11) is 0. The van der Waals surface area contributed by atoms with Crippen molar-refractivity contribution < 1.29 is 4.92 Å². The van der Waals surface area contributed by atoms with Crippen molar-refractivity contribution in [2.45, 2.75) is 6.42 Å². The van der Waals surface area contributed by atoms with Crippen LogP contribution < -0.4 is 5.32 Å². The number of nitro groups is 1. The van der Waals surface area contributed by atoms with E-state index in [1.54, 1.807) is 12.1 Å². The Balaban J connectivity index is 2.31. The van der Waals surface area contributed by atoms with Gasteiger partial charge in [-0.3, -0.25) is 10.1 Å². The van der Waals surface area contributed by atoms with Crippen molar-refractivity contribution in [3.63, 3.8) is 0 Å². The van der Waals surface area contributed by atoms with Crippen LogP contribution in [-0.2, 0) is 0 Å². The van der Waals surface area contributed by atoms with Crippen LogP contribution in [0.4, 0.5) is 5.69 Å². The molecule has 0 amide bonds. The van der Waals surface area contributed by atoms with Crippen molar-refractivity contribution in [2.24, 2.45) is 0 Å². The van der Waals surface area contributed by atoms with Gasteiger partial charge in [0.1, 0.15) is 4.99 Å². The fourth-order valence-electron chi connectivity index (χ4n) is 1.60. The van der Waals surface area contributed by atoms with Gasteiger partial charge in [-0.1, -0.05) is 24.4 Å². The van der Waals surface area contributed by atoms with Crippen molar-refractivity contribution in [3.8, 4) is 0 Å². The number of thiocarbonyl (C=S) groups is 1. The van der Waals surface area contributed by atoms with Gasteiger partial charge in [-0.05, 0) is 23.6 Å². The number of benzene rings is 1. The van der Waals surface area contributed by atoms with Crippen molar-refractivity contribution in [2.75, 3.05) is 6.54 Å². The first-order chi connectivity index (χ1) is 7.66. The second kappa shape index (κ2) is 4.40. The maximum Gasteiger partial charge on any atom is 0.270 e. The molecule has 1 aromatic rings. The minimum atomic E-state index is -0.396. The molecule has 1 aliphatic heterocycles. The second-order valence-corrected chi connectivity index (χ2v) is 3.94. The van der Waals surface area contributed by atoms with Crippen LogP contribution in [0.1, 0.15) is 12.0 Å². The molecule has 2 rings (SSSR count). The standard InChI is InChI=1S/C11H10N2O2S/c14-13(15)10-3-1-2-8(7-10)6-9-4-5-12-11(9)16/h1-3,6-7H,4-5H2,(H,12,16)/b9-6-. The third-order valence-electron chi connectivity index (χ3n) is 2.39. The lowest BCUT2D eigenvalue weighted by molar-refractivity contribution is -0.384. The zero-order chi connectivity index (χ0) is 11.5. The van der Waals surface area contributed by atoms with Crippen molar-refractivity contribution >= 4 is 29.0 Å². The van der Waals surface area contributed by atoms with E-state index in [-0.39, 0.29) is 5.69 Å². The van der Waals surface area contributed by atoms with E-state index in [2.05, 4.69) is 5.32 Å². The molecule has 0 radical (unpaired) electrons. The highest BCUT2D eigenvalue weighted by molar-refractivity contribution is 7.80. The molecule has 1 heterocycles. The third-order valence-corrected chi connectivity index (χ3v) is 2.80. The van der Waals surface area contributed by atoms with Gasteiger partial charge in [0, 0.05) is 18.7 Å². The topological polar surface area (TPSA) is 55.2 Å². The Labute approximate surface area is 98.1 Å². The number of hydrogen-bond donors (Lipinski definition) is 1. The quantitative estimate of drug-likeness (QED) is 0.369. The normalized spacial score (nSPS) is 17.5. The molecule has 1 aromatic carbocycles. The molecule has 0 aliphatic carbocycles. The monoisotopic (exact) mass is 234 g/mol. The molecule has 1 N–H and O–H groups in total. The van der Waals surface area contributed by atoms with Gasteiger partial charge in [0.15, 0.2) is 0 Å². The lowest BCUT2D eigenvalue weighted by atomic mass is 10.1. The highest BCUT2D eigenvalue weighted by atomic mass is 32.1. The van der Waals surface area contributed by atoms with E-state index in [1.165, 1.54) is 6.07 Å². The summed E-state index contributed by atoms with van der Waals surface area (Å²) in [4.78, 5) is 10.9. The van der Waals surface area contributed by atoms with Gasteiger partial charge in [0.25, 0.3) is 5.69 Å². The molecular formula is C11H10N2O2S. The summed E-state index contributed by atoms with van der Waals surface area (Å²) in [6.45, 7) is 0.847. The maximum atomic E-state index is 10.6. The minimum absolute atomic E-state index is 0.103. The van der Waals surface area contributed by atoms with Crippen LogP contribution in [0.5, 0.6) is 0 Å². The summed E-state index contributed by atoms with van der Waals surface area (Å²) in [6.07, 6.45) is 2.77. The molecule has 0 atom stereocenters. The van der Waals surface area contributed by atoms with Crippen molar-refractivity contribution in [3.05, 3.63) is 45.5 Å². The van der Waals surface area contributed by atoms with Gasteiger partial charge in [0.2, 0.25) is 0 Å². The Morgan fingerprint density at radius 1 is 1.50 bits per heavy atom. The Morgan fingerprint density at radius 2 is 2.31 bits per heavy atom. The first kappa shape index (κ1) is 10.8. The SMILES string of the molecule is O=[N+]([O-])c1cccc(/C=C2/CCNC2=S)c1. The van der Waals surface area contributed by atoms with Gasteiger partial charge >= 0.3 is 0 Å². The smallest absolute Gasteiger partial charge is 0.270 e. The molecule has 16 heavy (non-hydrogen) atoms. The number of nitro benzene ring substituents is 1. The van der Waals surface area contributed by atoms with E-state index in [4.69, 9.17) is 12.2 Å². The molecule has 5 heteroatoms. The maximum absolute atomic E-state index is 10.6. The van der Waals surface area contributed by atoms with Crippen LogP contribution in [0.2, 0.25) is 0 Å². The van der Waals surface area contributed by atoms with E-state index in [0.29, 0.717) is 0 Å². The van der Waals surface area contributed by atoms with E-state index in [1.807, 2.05) is 12.1 Å². The predicted octanol–water partition coefficient (Wildman–Crippen LogP) is 2.30. The average molecular weight is 234 g/mol. The molecule has 1 saturated heterocycles. The summed E-state index contributed by atoms with van der Waals surface area (Å²) < 4.78 is 0. The Morgan fingerprint density at radius 3 is 2.94 bits per heavy atom. The molecule has 0 bridgehead atoms. The molecule has 4 nitrogen and oxygen atoms in total. The molecule has 0 saturated carbocycles. The lowest BCUT2D eigenvalue weighted by Gasteiger charge is -1.98. The van der Waals surface area contributed by atoms with Crippen LogP contribution in [0.15, 0.2) is 29.8 Å². The highest BCUT2D eigenvalue weighted by Gasteiger charge is 2.12. The highest BCUT2D eigenvalue weighted by Crippen LogP contribution is 2.18. The Kier molecular flexibility index (Phi) is 2.96. The van der Waals surface area contributed by atoms with Crippen LogP contribution in [0, 0.1) is 10.1 Å². The Hall–Kier alpha value is -1.75. The minimum Gasteiger partial charge on any atom is -0.376 e. The molecular weight excluding hydrogens is 224 g/mol. The van der Waals surface area contributed by atoms with E-state index >= 15 is 0 Å². The van der Waals surface area contributed by atoms with E-state index in [9.17, 15) is 10.1 Å². The largest absolute Gasteiger partial charge is 0.376 e. The fourth-order valence-corrected chi connectivity index (χ4v) is 1.87. The number of nitrogens with one attached hydrogen (secondary N) is 1. The van der Waals surface area contributed by atoms with Crippen LogP contribution >= 0.6 is 12.2 Å². The molecule has 1 aliphatic rings. The van der Waals surface area contributed by atoms with Crippen molar-refractivity contribution in [1.82, 2.24) is 5.32 Å². The zero-order valence-electron chi connectivity index (χ0n) is 8.47. The zero-order valence-corrected chi connectivity index (χ0v) is 9.29. The first-order valence-corrected chi connectivity index (χ1v) is 5.31. The molecule has 82 valence electrons. The van der Waals surface area contributed by atoms with Gasteiger partial charge in [-0.25, -0.2) is 0 Å². The summed E-state index contributed by atoms with van der Waals surface area (Å²) in [5.41, 5.74) is 1.96. The summed E-state index contributed by atoms with van der Waals surface area (Å²) in [5.74, 6) is 0. The average Bonchev–Trinajstić information content (AvgIpc) is 2.65. The number of non-ortho nitro benzene ring substituents is 1. The number of rotatable bonds is 2. The van der Waals surface area contributed by atoms with Gasteiger partial charge < -0.3 is 5.32 Å². The molecule has 1 fully saturated rings. The number of nitrogens with zero attached hydrogens (tertiary/aromatic N) is 1. The summed E-state index contributed by atoms with van der Waals surface area (Å²) in [6, 6.07) is 6.54. The summed E-state index contributed by atoms with van der Waals surface area (Å²) in [5, 5.41) is 13.7. The van der Waals surface area contributed by atoms with Gasteiger partial charge in [0.05, 0.1) is 4.92 Å². The van der Waals surface area contributed by atoms with Crippen LogP contribution in [0.25, 0.3) is 6.08 Å². The van der Waals surface area contributed by atoms with Crippen LogP contribution in [0.3, 0.4) is 0 Å². The molecule has 0 unspecified atom stereocenters. The van der Waals surface area contributed by atoms with Gasteiger partial charge in [-0.2, -0.15) is 0 Å². The summed E-state index contributed by atoms with van der Waals surface area (Å²) >= 11 is 5.11. The van der Waals surface area contributed by atoms with E-state index < -0.39 is 4.92 Å². The predicted molar refractivity (Wildman–Crippen MR) is 66.3 cm³/mol. The lowest BCUT2D eigenvalue weighted by Crippen LogP contribution is -2.11. The Bertz CT molecular complexity index is 483. The second-order valence-electron chi connectivity index (χ2n) is 3.53. The third kappa shape index (κ3) is 2.25. The molecule has 0 aromatic heterocycles.